The number of anilines is 1. The standard InChI is InChI=1S/C23H30FN3O5/c1-3-6-25-7-9-26(10-8-25)20-12-19-16(11-18(20)24)21(28)17(13-27(19)15-4-5-15)22(29)32-14-23(2,30)31/h11-13,15,30-31H,3-10,14H2,1-2H3. The topological polar surface area (TPSA) is 95.2 Å². The highest BCUT2D eigenvalue weighted by atomic mass is 19.1. The van der Waals surface area contributed by atoms with Crippen molar-refractivity contribution in [1.29, 1.82) is 0 Å². The zero-order valence-electron chi connectivity index (χ0n) is 18.5. The summed E-state index contributed by atoms with van der Waals surface area (Å²) >= 11 is 0. The number of fused-ring (bicyclic) bond motifs is 1. The van der Waals surface area contributed by atoms with Crippen LogP contribution < -0.4 is 10.3 Å². The lowest BCUT2D eigenvalue weighted by Gasteiger charge is -2.36. The van der Waals surface area contributed by atoms with Crippen LogP contribution in [-0.2, 0) is 4.74 Å². The number of hydrogen-bond donors (Lipinski definition) is 2. The van der Waals surface area contributed by atoms with Gasteiger partial charge in [-0.3, -0.25) is 9.69 Å². The molecular formula is C23H30FN3O5. The second kappa shape index (κ2) is 8.80. The molecule has 0 atom stereocenters. The molecule has 1 aromatic heterocycles. The maximum Gasteiger partial charge on any atom is 0.343 e. The van der Waals surface area contributed by atoms with E-state index in [4.69, 9.17) is 4.74 Å². The second-order valence-electron chi connectivity index (χ2n) is 8.95. The Morgan fingerprint density at radius 1 is 1.22 bits per heavy atom. The smallest absolute Gasteiger partial charge is 0.343 e. The first-order valence-electron chi connectivity index (χ1n) is 11.2. The molecule has 9 heteroatoms. The fourth-order valence-electron chi connectivity index (χ4n) is 4.21. The number of rotatable bonds is 7. The highest BCUT2D eigenvalue weighted by Gasteiger charge is 2.29. The number of hydrogen-bond acceptors (Lipinski definition) is 7. The number of piperazine rings is 1. The molecule has 1 aromatic carbocycles. The van der Waals surface area contributed by atoms with Crippen LogP contribution in [0.2, 0.25) is 0 Å². The highest BCUT2D eigenvalue weighted by molar-refractivity contribution is 5.94. The van der Waals surface area contributed by atoms with Crippen LogP contribution in [-0.4, -0.2) is 70.8 Å². The van der Waals surface area contributed by atoms with Gasteiger partial charge in [0, 0.05) is 43.8 Å². The molecule has 1 saturated heterocycles. The average Bonchev–Trinajstić information content (AvgIpc) is 3.58. The van der Waals surface area contributed by atoms with Crippen LogP contribution in [0.1, 0.15) is 49.5 Å². The van der Waals surface area contributed by atoms with E-state index in [1.54, 1.807) is 6.07 Å². The Morgan fingerprint density at radius 3 is 2.50 bits per heavy atom. The molecule has 2 aliphatic rings. The normalized spacial score (nSPS) is 17.7. The molecule has 174 valence electrons. The Kier molecular flexibility index (Phi) is 6.24. The number of benzene rings is 1. The number of carbonyl (C=O) groups is 1. The summed E-state index contributed by atoms with van der Waals surface area (Å²) in [6.07, 6.45) is 4.34. The molecule has 1 aliphatic carbocycles. The number of ether oxygens (including phenoxy) is 1. The van der Waals surface area contributed by atoms with Gasteiger partial charge in [-0.2, -0.15) is 0 Å². The predicted octanol–water partition coefficient (Wildman–Crippen LogP) is 1.87. The van der Waals surface area contributed by atoms with Crippen molar-refractivity contribution in [3.8, 4) is 0 Å². The van der Waals surface area contributed by atoms with Gasteiger partial charge in [0.25, 0.3) is 0 Å². The molecule has 0 bridgehead atoms. The van der Waals surface area contributed by atoms with E-state index in [-0.39, 0.29) is 17.0 Å². The SMILES string of the molecule is CCCN1CCN(c2cc3c(cc2F)c(=O)c(C(=O)OCC(C)(O)O)cn3C2CC2)CC1. The first kappa shape index (κ1) is 22.7. The van der Waals surface area contributed by atoms with Gasteiger partial charge < -0.3 is 24.4 Å². The summed E-state index contributed by atoms with van der Waals surface area (Å²) < 4.78 is 21.9. The van der Waals surface area contributed by atoms with Crippen LogP contribution in [0.3, 0.4) is 0 Å². The minimum Gasteiger partial charge on any atom is -0.456 e. The highest BCUT2D eigenvalue weighted by Crippen LogP contribution is 2.38. The fourth-order valence-corrected chi connectivity index (χ4v) is 4.21. The van der Waals surface area contributed by atoms with E-state index in [0.29, 0.717) is 24.3 Å². The Labute approximate surface area is 185 Å². The maximum atomic E-state index is 15.1. The molecule has 0 radical (unpaired) electrons. The lowest BCUT2D eigenvalue weighted by Crippen LogP contribution is -2.46. The van der Waals surface area contributed by atoms with E-state index in [0.717, 1.165) is 45.8 Å². The molecule has 4 rings (SSSR count). The van der Waals surface area contributed by atoms with Crippen molar-refractivity contribution in [3.63, 3.8) is 0 Å². The molecule has 8 nitrogen and oxygen atoms in total. The van der Waals surface area contributed by atoms with Crippen LogP contribution >= 0.6 is 0 Å². The van der Waals surface area contributed by atoms with Crippen molar-refractivity contribution < 1.29 is 24.1 Å². The van der Waals surface area contributed by atoms with E-state index in [2.05, 4.69) is 11.8 Å². The van der Waals surface area contributed by atoms with E-state index < -0.39 is 29.6 Å². The van der Waals surface area contributed by atoms with Crippen molar-refractivity contribution >= 4 is 22.6 Å². The van der Waals surface area contributed by atoms with Crippen molar-refractivity contribution in [1.82, 2.24) is 9.47 Å². The molecule has 0 unspecified atom stereocenters. The molecule has 2 heterocycles. The van der Waals surface area contributed by atoms with Crippen LogP contribution in [0, 0.1) is 5.82 Å². The quantitative estimate of drug-likeness (QED) is 0.494. The third kappa shape index (κ3) is 4.79. The minimum atomic E-state index is -2.20. The zero-order chi connectivity index (χ0) is 23.0. The molecule has 2 N–H and O–H groups in total. The molecule has 0 spiro atoms. The second-order valence-corrected chi connectivity index (χ2v) is 8.95. The van der Waals surface area contributed by atoms with Gasteiger partial charge in [-0.15, -0.1) is 0 Å². The van der Waals surface area contributed by atoms with Gasteiger partial charge in [0.15, 0.2) is 5.79 Å². The number of aliphatic hydroxyl groups is 2. The van der Waals surface area contributed by atoms with Gasteiger partial charge in [0.1, 0.15) is 18.0 Å². The Balaban J connectivity index is 1.70. The number of halogens is 1. The van der Waals surface area contributed by atoms with E-state index >= 15 is 4.39 Å². The van der Waals surface area contributed by atoms with Crippen molar-refractivity contribution in [2.24, 2.45) is 0 Å². The largest absolute Gasteiger partial charge is 0.456 e. The molecular weight excluding hydrogens is 417 g/mol. The number of carbonyl (C=O) groups excluding carboxylic acids is 1. The van der Waals surface area contributed by atoms with Crippen LogP contribution in [0.5, 0.6) is 0 Å². The summed E-state index contributed by atoms with van der Waals surface area (Å²) in [5.41, 5.74) is 0.191. The van der Waals surface area contributed by atoms with Crippen molar-refractivity contribution in [3.05, 3.63) is 39.9 Å². The molecule has 1 aliphatic heterocycles. The fraction of sp³-hybridized carbons (Fsp3) is 0.565. The van der Waals surface area contributed by atoms with Gasteiger partial charge in [0.2, 0.25) is 5.43 Å². The first-order valence-corrected chi connectivity index (χ1v) is 11.2. The lowest BCUT2D eigenvalue weighted by molar-refractivity contribution is -0.172. The number of nitrogens with zero attached hydrogens (tertiary/aromatic N) is 3. The average molecular weight is 448 g/mol. The summed E-state index contributed by atoms with van der Waals surface area (Å²) in [6, 6.07) is 3.06. The zero-order valence-corrected chi connectivity index (χ0v) is 18.5. The van der Waals surface area contributed by atoms with Gasteiger partial charge in [-0.25, -0.2) is 9.18 Å². The Morgan fingerprint density at radius 2 is 1.91 bits per heavy atom. The van der Waals surface area contributed by atoms with Crippen LogP contribution in [0.15, 0.2) is 23.1 Å². The van der Waals surface area contributed by atoms with Crippen molar-refractivity contribution in [2.75, 3.05) is 44.2 Å². The van der Waals surface area contributed by atoms with Crippen LogP contribution in [0.25, 0.3) is 10.9 Å². The molecule has 0 amide bonds. The minimum absolute atomic E-state index is 0.118. The van der Waals surface area contributed by atoms with Gasteiger partial charge >= 0.3 is 5.97 Å². The number of esters is 1. The molecule has 32 heavy (non-hydrogen) atoms. The summed E-state index contributed by atoms with van der Waals surface area (Å²) in [7, 11) is 0. The van der Waals surface area contributed by atoms with E-state index in [1.165, 1.54) is 12.3 Å². The van der Waals surface area contributed by atoms with Gasteiger partial charge in [0.05, 0.1) is 11.2 Å². The number of aromatic nitrogens is 1. The summed E-state index contributed by atoms with van der Waals surface area (Å²) in [4.78, 5) is 29.9. The molecule has 2 aromatic rings. The Bertz CT molecular complexity index is 1070. The van der Waals surface area contributed by atoms with Crippen LogP contribution in [0.4, 0.5) is 10.1 Å². The lowest BCUT2D eigenvalue weighted by atomic mass is 10.1. The van der Waals surface area contributed by atoms with Gasteiger partial charge in [-0.05, 0) is 44.9 Å². The summed E-state index contributed by atoms with van der Waals surface area (Å²) in [5, 5.41) is 18.9. The van der Waals surface area contributed by atoms with E-state index in [1.807, 2.05) is 9.47 Å². The molecule has 2 fully saturated rings. The Hall–Kier alpha value is -2.49. The van der Waals surface area contributed by atoms with Crippen molar-refractivity contribution in [2.45, 2.75) is 44.9 Å². The monoisotopic (exact) mass is 447 g/mol. The predicted molar refractivity (Wildman–Crippen MR) is 119 cm³/mol. The summed E-state index contributed by atoms with van der Waals surface area (Å²) in [5.74, 6) is -3.66. The maximum absolute atomic E-state index is 15.1. The van der Waals surface area contributed by atoms with E-state index in [9.17, 15) is 19.8 Å². The first-order chi connectivity index (χ1) is 15.2. The number of pyridine rings is 1. The summed E-state index contributed by atoms with van der Waals surface area (Å²) in [6.45, 7) is 6.71. The third-order valence-electron chi connectivity index (χ3n) is 5.99. The third-order valence-corrected chi connectivity index (χ3v) is 5.99. The molecule has 1 saturated carbocycles. The van der Waals surface area contributed by atoms with Gasteiger partial charge in [-0.1, -0.05) is 6.92 Å².